The summed E-state index contributed by atoms with van der Waals surface area (Å²) in [7, 11) is 1.61. The summed E-state index contributed by atoms with van der Waals surface area (Å²) in [6.45, 7) is 5.77. The van der Waals surface area contributed by atoms with Gasteiger partial charge in [0, 0.05) is 43.1 Å². The lowest BCUT2D eigenvalue weighted by molar-refractivity contribution is 0.0290. The minimum Gasteiger partial charge on any atom is -0.497 e. The van der Waals surface area contributed by atoms with Gasteiger partial charge in [-0.1, -0.05) is 6.07 Å². The second-order valence-corrected chi connectivity index (χ2v) is 9.13. The molecule has 4 aromatic rings. The number of carbonyl (C=O) groups excluding carboxylic acids is 1. The van der Waals surface area contributed by atoms with Crippen molar-refractivity contribution >= 4 is 28.8 Å². The Kier molecular flexibility index (Phi) is 8.29. The number of carbonyl (C=O) groups is 1. The highest BCUT2D eigenvalue weighted by molar-refractivity contribution is 5.91. The molecule has 0 spiro atoms. The zero-order chi connectivity index (χ0) is 27.9. The summed E-state index contributed by atoms with van der Waals surface area (Å²) in [5.41, 5.74) is 3.12. The van der Waals surface area contributed by atoms with Gasteiger partial charge in [-0.25, -0.2) is 9.31 Å². The van der Waals surface area contributed by atoms with Crippen LogP contribution in [-0.2, 0) is 9.47 Å². The number of morpholine rings is 1. The van der Waals surface area contributed by atoms with E-state index in [4.69, 9.17) is 18.9 Å². The Hall–Kier alpha value is -4.79. The molecule has 0 unspecified atom stereocenters. The number of pyridine rings is 1. The fourth-order valence-electron chi connectivity index (χ4n) is 4.40. The van der Waals surface area contributed by atoms with Gasteiger partial charge in [-0.2, -0.15) is 5.26 Å². The molecule has 1 aliphatic heterocycles. The number of amides is 1. The van der Waals surface area contributed by atoms with Crippen molar-refractivity contribution in [2.24, 2.45) is 0 Å². The Balaban J connectivity index is 1.29. The molecule has 40 heavy (non-hydrogen) atoms. The third-order valence-electron chi connectivity index (χ3n) is 6.52. The van der Waals surface area contributed by atoms with E-state index in [0.29, 0.717) is 65.2 Å². The Morgan fingerprint density at radius 1 is 1.10 bits per heavy atom. The van der Waals surface area contributed by atoms with E-state index in [1.165, 1.54) is 0 Å². The van der Waals surface area contributed by atoms with Gasteiger partial charge in [0.05, 0.1) is 37.1 Å². The summed E-state index contributed by atoms with van der Waals surface area (Å²) >= 11 is 0. The monoisotopic (exact) mass is 542 g/mol. The predicted octanol–water partition coefficient (Wildman–Crippen LogP) is 4.94. The second-order valence-electron chi connectivity index (χ2n) is 9.13. The van der Waals surface area contributed by atoms with Gasteiger partial charge in [-0.15, -0.1) is 5.10 Å². The maximum absolute atomic E-state index is 12.5. The third kappa shape index (κ3) is 6.26. The van der Waals surface area contributed by atoms with Gasteiger partial charge in [0.25, 0.3) is 0 Å². The summed E-state index contributed by atoms with van der Waals surface area (Å²) in [6.07, 6.45) is 1.10. The Bertz CT molecular complexity index is 1520. The molecular weight excluding hydrogens is 512 g/mol. The normalized spacial score (nSPS) is 13.4. The summed E-state index contributed by atoms with van der Waals surface area (Å²) in [4.78, 5) is 14.7. The zero-order valence-corrected chi connectivity index (χ0v) is 22.3. The van der Waals surface area contributed by atoms with Crippen molar-refractivity contribution in [3.63, 3.8) is 0 Å². The fourth-order valence-corrected chi connectivity index (χ4v) is 4.40. The van der Waals surface area contributed by atoms with Crippen LogP contribution in [0.25, 0.3) is 5.52 Å². The first-order valence-corrected chi connectivity index (χ1v) is 12.9. The molecule has 0 radical (unpaired) electrons. The minimum absolute atomic E-state index is 0.265. The zero-order valence-electron chi connectivity index (χ0n) is 22.3. The van der Waals surface area contributed by atoms with Crippen LogP contribution in [0.1, 0.15) is 11.1 Å². The molecule has 1 aliphatic rings. The molecular formula is C29H30N6O5. The van der Waals surface area contributed by atoms with Crippen LogP contribution < -0.4 is 20.1 Å². The predicted molar refractivity (Wildman–Crippen MR) is 150 cm³/mol. The largest absolute Gasteiger partial charge is 0.497 e. The number of hydrogen-bond donors (Lipinski definition) is 2. The maximum Gasteiger partial charge on any atom is 0.412 e. The van der Waals surface area contributed by atoms with Crippen molar-refractivity contribution in [1.82, 2.24) is 14.5 Å². The van der Waals surface area contributed by atoms with Crippen LogP contribution in [-0.4, -0.2) is 67.2 Å². The Morgan fingerprint density at radius 2 is 1.88 bits per heavy atom. The van der Waals surface area contributed by atoms with Crippen molar-refractivity contribution in [2.75, 3.05) is 57.2 Å². The first-order valence-electron chi connectivity index (χ1n) is 12.9. The number of hydrogen-bond acceptors (Lipinski definition) is 9. The van der Waals surface area contributed by atoms with Crippen molar-refractivity contribution < 1.29 is 23.7 Å². The van der Waals surface area contributed by atoms with Crippen LogP contribution in [0.4, 0.5) is 22.0 Å². The maximum atomic E-state index is 12.5. The molecule has 1 amide bonds. The van der Waals surface area contributed by atoms with Crippen LogP contribution in [0.3, 0.4) is 0 Å². The first-order chi connectivity index (χ1) is 19.5. The molecule has 1 saturated heterocycles. The number of rotatable bonds is 9. The van der Waals surface area contributed by atoms with E-state index in [9.17, 15) is 10.1 Å². The number of fused-ring (bicyclic) bond motifs is 1. The van der Waals surface area contributed by atoms with Crippen LogP contribution >= 0.6 is 0 Å². The minimum atomic E-state index is -0.582. The highest BCUT2D eigenvalue weighted by Gasteiger charge is 2.19. The van der Waals surface area contributed by atoms with Crippen LogP contribution in [0, 0.1) is 18.3 Å². The lowest BCUT2D eigenvalue weighted by Crippen LogP contribution is -2.38. The van der Waals surface area contributed by atoms with Crippen molar-refractivity contribution in [2.45, 2.75) is 6.92 Å². The van der Waals surface area contributed by atoms with Gasteiger partial charge in [-0.05, 0) is 49.4 Å². The standard InChI is InChI=1S/C29H30N6O5/c1-20-27-26(31-22-6-8-23(9-7-22)40-25-5-3-4-24(18-25)37-2)21(19-30)10-11-35(27)33-28(20)32-29(36)39-17-14-34-12-15-38-16-13-34/h3-11,18,31H,12-17H2,1-2H3,(H,32,33,36). The van der Waals surface area contributed by atoms with Crippen LogP contribution in [0.5, 0.6) is 17.2 Å². The lowest BCUT2D eigenvalue weighted by atomic mass is 10.1. The number of benzene rings is 2. The molecule has 11 heteroatoms. The van der Waals surface area contributed by atoms with E-state index in [1.807, 2.05) is 49.4 Å². The summed E-state index contributed by atoms with van der Waals surface area (Å²) in [5, 5.41) is 20.4. The average Bonchev–Trinajstić information content (AvgIpc) is 3.29. The van der Waals surface area contributed by atoms with Gasteiger partial charge in [0.2, 0.25) is 0 Å². The molecule has 206 valence electrons. The van der Waals surface area contributed by atoms with Crippen LogP contribution in [0.15, 0.2) is 60.8 Å². The smallest absolute Gasteiger partial charge is 0.412 e. The molecule has 2 N–H and O–H groups in total. The summed E-state index contributed by atoms with van der Waals surface area (Å²) < 4.78 is 23.5. The lowest BCUT2D eigenvalue weighted by Gasteiger charge is -2.26. The molecule has 0 bridgehead atoms. The number of ether oxygens (including phenoxy) is 4. The molecule has 0 aliphatic carbocycles. The van der Waals surface area contributed by atoms with E-state index in [0.717, 1.165) is 18.8 Å². The van der Waals surface area contributed by atoms with E-state index < -0.39 is 6.09 Å². The highest BCUT2D eigenvalue weighted by Crippen LogP contribution is 2.33. The number of methoxy groups -OCH3 is 1. The van der Waals surface area contributed by atoms with Gasteiger partial charge in [-0.3, -0.25) is 10.2 Å². The Morgan fingerprint density at radius 3 is 2.62 bits per heavy atom. The van der Waals surface area contributed by atoms with E-state index in [1.54, 1.807) is 30.0 Å². The topological polar surface area (TPSA) is 122 Å². The van der Waals surface area contributed by atoms with Crippen molar-refractivity contribution in [3.05, 3.63) is 71.9 Å². The quantitative estimate of drug-likeness (QED) is 0.303. The average molecular weight is 543 g/mol. The molecule has 0 saturated carbocycles. The molecule has 3 heterocycles. The number of anilines is 3. The molecule has 2 aromatic carbocycles. The number of nitrogens with one attached hydrogen (secondary N) is 2. The molecule has 5 rings (SSSR count). The molecule has 2 aromatic heterocycles. The van der Waals surface area contributed by atoms with Crippen LogP contribution in [0.2, 0.25) is 0 Å². The number of aryl methyl sites for hydroxylation is 1. The molecule has 11 nitrogen and oxygen atoms in total. The molecule has 0 atom stereocenters. The number of nitriles is 1. The van der Waals surface area contributed by atoms with Gasteiger partial charge < -0.3 is 24.3 Å². The third-order valence-corrected chi connectivity index (χ3v) is 6.52. The van der Waals surface area contributed by atoms with E-state index >= 15 is 0 Å². The van der Waals surface area contributed by atoms with E-state index in [-0.39, 0.29) is 6.61 Å². The first kappa shape index (κ1) is 26.8. The van der Waals surface area contributed by atoms with Gasteiger partial charge in [0.1, 0.15) is 29.9 Å². The Labute approximate surface area is 231 Å². The summed E-state index contributed by atoms with van der Waals surface area (Å²) in [5.74, 6) is 2.37. The second kappa shape index (κ2) is 12.4. The highest BCUT2D eigenvalue weighted by atomic mass is 16.5. The van der Waals surface area contributed by atoms with Gasteiger partial charge >= 0.3 is 6.09 Å². The number of aromatic nitrogens is 2. The van der Waals surface area contributed by atoms with Crippen molar-refractivity contribution in [1.29, 1.82) is 5.26 Å². The van der Waals surface area contributed by atoms with Gasteiger partial charge in [0.15, 0.2) is 5.82 Å². The fraction of sp³-hybridized carbons (Fsp3) is 0.276. The molecule has 1 fully saturated rings. The summed E-state index contributed by atoms with van der Waals surface area (Å²) in [6, 6.07) is 18.6. The number of nitrogens with zero attached hydrogens (tertiary/aromatic N) is 4. The van der Waals surface area contributed by atoms with Crippen molar-refractivity contribution in [3.8, 4) is 23.3 Å². The van der Waals surface area contributed by atoms with E-state index in [2.05, 4.69) is 26.7 Å². The SMILES string of the molecule is COc1cccc(Oc2ccc(Nc3c(C#N)ccn4nc(NC(=O)OCCN5CCOCC5)c(C)c34)cc2)c1.